The summed E-state index contributed by atoms with van der Waals surface area (Å²) >= 11 is 0. The van der Waals surface area contributed by atoms with E-state index in [0.717, 1.165) is 0 Å². The summed E-state index contributed by atoms with van der Waals surface area (Å²) in [4.78, 5) is 11.7. The van der Waals surface area contributed by atoms with Gasteiger partial charge in [0, 0.05) is 14.2 Å². The van der Waals surface area contributed by atoms with Crippen LogP contribution in [0.4, 0.5) is 0 Å². The first-order valence-electron chi connectivity index (χ1n) is 3.93. The molecule has 5 heteroatoms. The van der Waals surface area contributed by atoms with Gasteiger partial charge in [-0.3, -0.25) is 4.79 Å². The summed E-state index contributed by atoms with van der Waals surface area (Å²) in [5.41, 5.74) is -0.846. The van der Waals surface area contributed by atoms with Crippen molar-refractivity contribution in [3.8, 4) is 0 Å². The first-order valence-corrected chi connectivity index (χ1v) is 3.93. The average Bonchev–Trinajstić information content (AvgIpc) is 2.50. The van der Waals surface area contributed by atoms with Crippen LogP contribution in [0.5, 0.6) is 0 Å². The van der Waals surface area contributed by atoms with E-state index in [1.807, 2.05) is 0 Å². The molecule has 0 saturated carbocycles. The van der Waals surface area contributed by atoms with E-state index in [0.29, 0.717) is 5.82 Å². The van der Waals surface area contributed by atoms with Gasteiger partial charge >= 0.3 is 0 Å². The molecule has 1 heterocycles. The maximum atomic E-state index is 11.7. The third kappa shape index (κ3) is 1.75. The van der Waals surface area contributed by atoms with Crippen molar-refractivity contribution in [2.45, 2.75) is 19.4 Å². The maximum Gasteiger partial charge on any atom is 0.231 e. The molecule has 0 bridgehead atoms. The molecule has 0 aliphatic rings. The molecule has 5 nitrogen and oxygen atoms in total. The van der Waals surface area contributed by atoms with E-state index in [1.54, 1.807) is 25.5 Å². The lowest BCUT2D eigenvalue weighted by atomic mass is 10.0. The Bertz CT molecular complexity index is 317. The highest BCUT2D eigenvalue weighted by Gasteiger charge is 2.31. The van der Waals surface area contributed by atoms with Gasteiger partial charge in [0.1, 0.15) is 11.9 Å². The smallest absolute Gasteiger partial charge is 0.231 e. The Morgan fingerprint density at radius 1 is 1.62 bits per heavy atom. The zero-order chi connectivity index (χ0) is 10.1. The molecule has 1 rings (SSSR count). The van der Waals surface area contributed by atoms with Crippen molar-refractivity contribution < 1.29 is 9.53 Å². The third-order valence-electron chi connectivity index (χ3n) is 1.97. The van der Waals surface area contributed by atoms with Crippen LogP contribution in [0.3, 0.4) is 0 Å². The van der Waals surface area contributed by atoms with Gasteiger partial charge in [0.15, 0.2) is 0 Å². The van der Waals surface area contributed by atoms with E-state index >= 15 is 0 Å². The molecule has 0 aliphatic heterocycles. The Kier molecular flexibility index (Phi) is 2.47. The van der Waals surface area contributed by atoms with Crippen LogP contribution in [0.25, 0.3) is 0 Å². The lowest BCUT2D eigenvalue weighted by Gasteiger charge is -2.19. The Morgan fingerprint density at radius 2 is 2.23 bits per heavy atom. The van der Waals surface area contributed by atoms with Crippen LogP contribution in [0.15, 0.2) is 6.33 Å². The van der Waals surface area contributed by atoms with Crippen molar-refractivity contribution in [3.63, 3.8) is 0 Å². The number of ether oxygens (including phenoxy) is 1. The van der Waals surface area contributed by atoms with Crippen LogP contribution < -0.4 is 0 Å². The minimum atomic E-state index is -0.846. The molecule has 0 radical (unpaired) electrons. The predicted octanol–water partition coefficient (Wildman–Crippen LogP) is 0.423. The van der Waals surface area contributed by atoms with Crippen molar-refractivity contribution in [2.75, 3.05) is 7.11 Å². The standard InChI is InChI=1S/C8H13N3O2/c1-8(2,13-4)6(12)7-10-9-5-11(7)3/h5H,1-4H3. The van der Waals surface area contributed by atoms with Crippen LogP contribution in [0, 0.1) is 0 Å². The van der Waals surface area contributed by atoms with Crippen LogP contribution >= 0.6 is 0 Å². The molecule has 1 aromatic heterocycles. The molecule has 0 aromatic carbocycles. The van der Waals surface area contributed by atoms with Gasteiger partial charge in [-0.25, -0.2) is 0 Å². The second kappa shape index (κ2) is 3.26. The van der Waals surface area contributed by atoms with Gasteiger partial charge in [-0.05, 0) is 13.8 Å². The van der Waals surface area contributed by atoms with Crippen LogP contribution in [-0.4, -0.2) is 33.3 Å². The predicted molar refractivity (Wildman–Crippen MR) is 46.4 cm³/mol. The van der Waals surface area contributed by atoms with E-state index in [1.165, 1.54) is 13.4 Å². The van der Waals surface area contributed by atoms with Crippen LogP contribution in [0.2, 0.25) is 0 Å². The van der Waals surface area contributed by atoms with Crippen molar-refractivity contribution in [1.82, 2.24) is 14.8 Å². The average molecular weight is 183 g/mol. The molecule has 13 heavy (non-hydrogen) atoms. The van der Waals surface area contributed by atoms with E-state index < -0.39 is 5.60 Å². The Hall–Kier alpha value is -1.23. The fraction of sp³-hybridized carbons (Fsp3) is 0.625. The number of hydrogen-bond donors (Lipinski definition) is 0. The summed E-state index contributed by atoms with van der Waals surface area (Å²) in [6.07, 6.45) is 1.49. The lowest BCUT2D eigenvalue weighted by Crippen LogP contribution is -2.35. The molecule has 0 N–H and O–H groups in total. The zero-order valence-corrected chi connectivity index (χ0v) is 8.24. The number of hydrogen-bond acceptors (Lipinski definition) is 4. The third-order valence-corrected chi connectivity index (χ3v) is 1.97. The number of carbonyl (C=O) groups is 1. The van der Waals surface area contributed by atoms with Gasteiger partial charge < -0.3 is 9.30 Å². The van der Waals surface area contributed by atoms with Gasteiger partial charge in [-0.1, -0.05) is 0 Å². The summed E-state index contributed by atoms with van der Waals surface area (Å²) in [7, 11) is 3.22. The number of aromatic nitrogens is 3. The number of ketones is 1. The molecule has 0 saturated heterocycles. The molecule has 0 amide bonds. The molecule has 0 atom stereocenters. The molecular formula is C8H13N3O2. The van der Waals surface area contributed by atoms with Crippen LogP contribution in [-0.2, 0) is 11.8 Å². The molecule has 0 unspecified atom stereocenters. The fourth-order valence-electron chi connectivity index (χ4n) is 0.851. The van der Waals surface area contributed by atoms with E-state index in [-0.39, 0.29) is 5.78 Å². The van der Waals surface area contributed by atoms with Gasteiger partial charge in [0.05, 0.1) is 0 Å². The van der Waals surface area contributed by atoms with Gasteiger partial charge in [0.25, 0.3) is 0 Å². The summed E-state index contributed by atoms with van der Waals surface area (Å²) in [6, 6.07) is 0. The summed E-state index contributed by atoms with van der Waals surface area (Å²) in [5, 5.41) is 7.34. The minimum absolute atomic E-state index is 0.171. The highest BCUT2D eigenvalue weighted by atomic mass is 16.5. The van der Waals surface area contributed by atoms with Crippen molar-refractivity contribution >= 4 is 5.78 Å². The first-order chi connectivity index (χ1) is 5.99. The first kappa shape index (κ1) is 9.85. The van der Waals surface area contributed by atoms with Crippen molar-refractivity contribution in [1.29, 1.82) is 0 Å². The number of rotatable bonds is 3. The summed E-state index contributed by atoms with van der Waals surface area (Å²) in [5.74, 6) is 0.141. The molecule has 1 aromatic rings. The van der Waals surface area contributed by atoms with E-state index in [4.69, 9.17) is 4.74 Å². The van der Waals surface area contributed by atoms with Gasteiger partial charge in [-0.15, -0.1) is 10.2 Å². The van der Waals surface area contributed by atoms with E-state index in [2.05, 4.69) is 10.2 Å². The highest BCUT2D eigenvalue weighted by molar-refractivity contribution is 5.98. The van der Waals surface area contributed by atoms with Gasteiger partial charge in [-0.2, -0.15) is 0 Å². The number of carbonyl (C=O) groups excluding carboxylic acids is 1. The Labute approximate surface area is 76.7 Å². The molecule has 0 spiro atoms. The highest BCUT2D eigenvalue weighted by Crippen LogP contribution is 2.13. The topological polar surface area (TPSA) is 57.0 Å². The Morgan fingerprint density at radius 3 is 2.62 bits per heavy atom. The second-order valence-corrected chi connectivity index (χ2v) is 3.31. The zero-order valence-electron chi connectivity index (χ0n) is 8.24. The summed E-state index contributed by atoms with van der Waals surface area (Å²) in [6.45, 7) is 3.40. The number of methoxy groups -OCH3 is 1. The number of Topliss-reactive ketones (excluding diaryl/α,β-unsaturated/α-hetero) is 1. The van der Waals surface area contributed by atoms with Crippen LogP contribution in [0.1, 0.15) is 24.5 Å². The van der Waals surface area contributed by atoms with E-state index in [9.17, 15) is 4.79 Å². The minimum Gasteiger partial charge on any atom is -0.371 e. The lowest BCUT2D eigenvalue weighted by molar-refractivity contribution is 0.0215. The van der Waals surface area contributed by atoms with Gasteiger partial charge in [0.2, 0.25) is 11.6 Å². The number of aryl methyl sites for hydroxylation is 1. The summed E-state index contributed by atoms with van der Waals surface area (Å²) < 4.78 is 6.62. The van der Waals surface area contributed by atoms with Crippen molar-refractivity contribution in [2.24, 2.45) is 7.05 Å². The number of nitrogens with zero attached hydrogens (tertiary/aromatic N) is 3. The molecule has 0 aliphatic carbocycles. The second-order valence-electron chi connectivity index (χ2n) is 3.31. The van der Waals surface area contributed by atoms with Crippen molar-refractivity contribution in [3.05, 3.63) is 12.2 Å². The molecule has 0 fully saturated rings. The monoisotopic (exact) mass is 183 g/mol. The largest absolute Gasteiger partial charge is 0.371 e. The molecular weight excluding hydrogens is 170 g/mol. The SMILES string of the molecule is COC(C)(C)C(=O)c1nncn1C. The fourth-order valence-corrected chi connectivity index (χ4v) is 0.851. The maximum absolute atomic E-state index is 11.7. The Balaban J connectivity index is 2.98. The normalized spacial score (nSPS) is 11.7. The molecule has 72 valence electrons. The quantitative estimate of drug-likeness (QED) is 0.637.